The Balaban J connectivity index is 2.06. The fraction of sp³-hybridized carbons (Fsp3) is 0.438. The molecule has 0 saturated carbocycles. The molecule has 0 bridgehead atoms. The van der Waals surface area contributed by atoms with Crippen LogP contribution in [0.2, 0.25) is 5.02 Å². The molecule has 2 heterocycles. The van der Waals surface area contributed by atoms with Gasteiger partial charge in [0.25, 0.3) is 0 Å². The fourth-order valence-corrected chi connectivity index (χ4v) is 4.32. The first-order chi connectivity index (χ1) is 11.3. The van der Waals surface area contributed by atoms with Crippen LogP contribution < -0.4 is 15.4 Å². The number of hydrogen-bond acceptors (Lipinski definition) is 5. The Labute approximate surface area is 147 Å². The second-order valence-electron chi connectivity index (χ2n) is 6.31. The highest BCUT2D eigenvalue weighted by Gasteiger charge is 2.29. The summed E-state index contributed by atoms with van der Waals surface area (Å²) in [6, 6.07) is 5.35. The summed E-state index contributed by atoms with van der Waals surface area (Å²) in [6.45, 7) is 3.23. The lowest BCUT2D eigenvalue weighted by atomic mass is 10.0. The van der Waals surface area contributed by atoms with Crippen LogP contribution in [-0.2, 0) is 10.0 Å². The molecule has 8 heteroatoms. The van der Waals surface area contributed by atoms with E-state index in [-0.39, 0.29) is 12.1 Å². The number of nitrogens with one attached hydrogen (secondary N) is 1. The van der Waals surface area contributed by atoms with Gasteiger partial charge in [-0.15, -0.1) is 0 Å². The molecule has 2 atom stereocenters. The van der Waals surface area contributed by atoms with Crippen LogP contribution >= 0.6 is 11.6 Å². The predicted octanol–water partition coefficient (Wildman–Crippen LogP) is 2.04. The van der Waals surface area contributed by atoms with Gasteiger partial charge in [0.15, 0.2) is 0 Å². The average Bonchev–Trinajstić information content (AvgIpc) is 2.93. The number of anilines is 1. The lowest BCUT2D eigenvalue weighted by Gasteiger charge is -2.25. The van der Waals surface area contributed by atoms with Gasteiger partial charge in [-0.1, -0.05) is 11.6 Å². The van der Waals surface area contributed by atoms with Gasteiger partial charge in [0.05, 0.1) is 22.5 Å². The first-order valence-corrected chi connectivity index (χ1v) is 10.1. The Morgan fingerprint density at radius 2 is 2.25 bits per heavy atom. The van der Waals surface area contributed by atoms with E-state index in [4.69, 9.17) is 17.3 Å². The Kier molecular flexibility index (Phi) is 4.70. The van der Waals surface area contributed by atoms with Gasteiger partial charge < -0.3 is 10.6 Å². The zero-order chi connectivity index (χ0) is 17.5. The highest BCUT2D eigenvalue weighted by molar-refractivity contribution is 7.88. The lowest BCUT2D eigenvalue weighted by molar-refractivity contribution is 0.567. The number of benzene rings is 1. The molecule has 1 fully saturated rings. The number of halogens is 1. The first kappa shape index (κ1) is 17.4. The zero-order valence-corrected chi connectivity index (χ0v) is 15.2. The Morgan fingerprint density at radius 1 is 1.50 bits per heavy atom. The lowest BCUT2D eigenvalue weighted by Crippen LogP contribution is -2.36. The summed E-state index contributed by atoms with van der Waals surface area (Å²) < 4.78 is 25.6. The summed E-state index contributed by atoms with van der Waals surface area (Å²) >= 11 is 6.39. The van der Waals surface area contributed by atoms with Crippen molar-refractivity contribution in [2.24, 2.45) is 5.73 Å². The highest BCUT2D eigenvalue weighted by Crippen LogP contribution is 2.38. The number of nitrogens with zero attached hydrogens (tertiary/aromatic N) is 2. The van der Waals surface area contributed by atoms with Crippen molar-refractivity contribution < 1.29 is 8.42 Å². The van der Waals surface area contributed by atoms with E-state index < -0.39 is 10.0 Å². The van der Waals surface area contributed by atoms with Crippen molar-refractivity contribution in [2.45, 2.75) is 25.4 Å². The minimum atomic E-state index is -3.23. The zero-order valence-electron chi connectivity index (χ0n) is 13.7. The molecule has 1 aliphatic heterocycles. The van der Waals surface area contributed by atoms with Crippen molar-refractivity contribution in [3.63, 3.8) is 0 Å². The SMILES string of the molecule is CC(N)c1cc(Cl)c2cccnc2c1N1CCC(NS(C)(=O)=O)C1. The Morgan fingerprint density at radius 3 is 2.92 bits per heavy atom. The van der Waals surface area contributed by atoms with Gasteiger partial charge in [0.1, 0.15) is 0 Å². The van der Waals surface area contributed by atoms with Crippen LogP contribution in [0, 0.1) is 0 Å². The fourth-order valence-electron chi connectivity index (χ4n) is 3.25. The van der Waals surface area contributed by atoms with Crippen molar-refractivity contribution >= 4 is 38.2 Å². The van der Waals surface area contributed by atoms with Crippen LogP contribution in [0.5, 0.6) is 0 Å². The van der Waals surface area contributed by atoms with Crippen LogP contribution in [0.4, 0.5) is 5.69 Å². The molecule has 1 aromatic heterocycles. The molecule has 24 heavy (non-hydrogen) atoms. The first-order valence-electron chi connectivity index (χ1n) is 7.81. The largest absolute Gasteiger partial charge is 0.368 e. The molecule has 0 amide bonds. The molecule has 0 radical (unpaired) electrons. The van der Waals surface area contributed by atoms with Gasteiger partial charge in [0.2, 0.25) is 10.0 Å². The highest BCUT2D eigenvalue weighted by atomic mass is 35.5. The monoisotopic (exact) mass is 368 g/mol. The number of rotatable bonds is 4. The summed E-state index contributed by atoms with van der Waals surface area (Å²) in [7, 11) is -3.23. The normalized spacial score (nSPS) is 19.8. The van der Waals surface area contributed by atoms with E-state index in [0.29, 0.717) is 11.6 Å². The van der Waals surface area contributed by atoms with Gasteiger partial charge in [-0.2, -0.15) is 0 Å². The second kappa shape index (κ2) is 6.48. The molecular formula is C16H21ClN4O2S. The smallest absolute Gasteiger partial charge is 0.209 e. The summed E-state index contributed by atoms with van der Waals surface area (Å²) in [5.41, 5.74) is 8.83. The molecular weight excluding hydrogens is 348 g/mol. The quantitative estimate of drug-likeness (QED) is 0.862. The molecule has 0 spiro atoms. The average molecular weight is 369 g/mol. The standard InChI is InChI=1S/C16H21ClN4O2S/c1-10(18)13-8-14(17)12-4-3-6-19-15(12)16(13)21-7-5-11(9-21)20-24(2,22)23/h3-4,6,8,10-11,20H,5,7,9,18H2,1-2H3. The van der Waals surface area contributed by atoms with Gasteiger partial charge in [0, 0.05) is 36.8 Å². The topological polar surface area (TPSA) is 88.3 Å². The number of nitrogens with two attached hydrogens (primary N) is 1. The third-order valence-electron chi connectivity index (χ3n) is 4.22. The molecule has 130 valence electrons. The number of pyridine rings is 1. The molecule has 2 aromatic rings. The minimum Gasteiger partial charge on any atom is -0.368 e. The number of fused-ring (bicyclic) bond motifs is 1. The van der Waals surface area contributed by atoms with Crippen molar-refractivity contribution in [3.05, 3.63) is 35.0 Å². The molecule has 0 aliphatic carbocycles. The van der Waals surface area contributed by atoms with Crippen LogP contribution in [0.1, 0.15) is 24.9 Å². The number of hydrogen-bond donors (Lipinski definition) is 2. The third-order valence-corrected chi connectivity index (χ3v) is 5.29. The van der Waals surface area contributed by atoms with Gasteiger partial charge >= 0.3 is 0 Å². The van der Waals surface area contributed by atoms with Crippen molar-refractivity contribution in [2.75, 3.05) is 24.2 Å². The minimum absolute atomic E-state index is 0.115. The van der Waals surface area contributed by atoms with E-state index in [1.54, 1.807) is 6.20 Å². The van der Waals surface area contributed by atoms with Crippen molar-refractivity contribution in [1.29, 1.82) is 0 Å². The van der Waals surface area contributed by atoms with Crippen LogP contribution in [0.3, 0.4) is 0 Å². The summed E-state index contributed by atoms with van der Waals surface area (Å²) in [5, 5.41) is 1.50. The van der Waals surface area contributed by atoms with E-state index in [0.717, 1.165) is 35.1 Å². The van der Waals surface area contributed by atoms with E-state index in [1.807, 2.05) is 25.1 Å². The molecule has 1 aromatic carbocycles. The van der Waals surface area contributed by atoms with Crippen molar-refractivity contribution in [3.8, 4) is 0 Å². The van der Waals surface area contributed by atoms with Crippen LogP contribution in [0.25, 0.3) is 10.9 Å². The van der Waals surface area contributed by atoms with Crippen molar-refractivity contribution in [1.82, 2.24) is 9.71 Å². The Hall–Kier alpha value is -1.41. The molecule has 6 nitrogen and oxygen atoms in total. The van der Waals surface area contributed by atoms with Gasteiger partial charge in [-0.05, 0) is 37.1 Å². The molecule has 3 N–H and O–H groups in total. The van der Waals surface area contributed by atoms with E-state index in [2.05, 4.69) is 14.6 Å². The maximum Gasteiger partial charge on any atom is 0.209 e. The maximum atomic E-state index is 11.5. The molecule has 1 aliphatic rings. The van der Waals surface area contributed by atoms with Crippen LogP contribution in [-0.4, -0.2) is 38.8 Å². The maximum absolute atomic E-state index is 11.5. The van der Waals surface area contributed by atoms with E-state index in [9.17, 15) is 8.42 Å². The molecule has 1 saturated heterocycles. The number of aromatic nitrogens is 1. The predicted molar refractivity (Wildman–Crippen MR) is 98.0 cm³/mol. The molecule has 2 unspecified atom stereocenters. The van der Waals surface area contributed by atoms with Crippen LogP contribution in [0.15, 0.2) is 24.4 Å². The summed E-state index contributed by atoms with van der Waals surface area (Å²) in [5.74, 6) is 0. The van der Waals surface area contributed by atoms with Gasteiger partial charge in [-0.25, -0.2) is 13.1 Å². The molecule has 3 rings (SSSR count). The van der Waals surface area contributed by atoms with E-state index in [1.165, 1.54) is 6.26 Å². The summed E-state index contributed by atoms with van der Waals surface area (Å²) in [6.07, 6.45) is 3.65. The second-order valence-corrected chi connectivity index (χ2v) is 8.49. The summed E-state index contributed by atoms with van der Waals surface area (Å²) in [4.78, 5) is 6.65. The van der Waals surface area contributed by atoms with Gasteiger partial charge in [-0.3, -0.25) is 4.98 Å². The third kappa shape index (κ3) is 3.49. The van der Waals surface area contributed by atoms with E-state index >= 15 is 0 Å². The number of sulfonamides is 1. The Bertz CT molecular complexity index is 870.